The van der Waals surface area contributed by atoms with E-state index in [2.05, 4.69) is 5.10 Å². The molecular weight excluding hydrogens is 126 g/mol. The molecule has 1 aromatic rings. The Morgan fingerprint density at radius 3 is 3.10 bits per heavy atom. The first-order valence-electron chi connectivity index (χ1n) is 2.89. The number of aromatic nitrogens is 2. The zero-order valence-corrected chi connectivity index (χ0v) is 5.65. The first-order valence-corrected chi connectivity index (χ1v) is 2.89. The first-order chi connectivity index (χ1) is 4.84. The molecule has 0 bridgehead atoms. The van der Waals surface area contributed by atoms with Crippen LogP contribution in [0.5, 0.6) is 0 Å². The summed E-state index contributed by atoms with van der Waals surface area (Å²) in [4.78, 5) is 0. The summed E-state index contributed by atoms with van der Waals surface area (Å²) in [6, 6.07) is 3.75. The van der Waals surface area contributed by atoms with E-state index in [0.717, 1.165) is 5.69 Å². The van der Waals surface area contributed by atoms with Crippen LogP contribution in [0.3, 0.4) is 0 Å². The molecule has 3 nitrogen and oxygen atoms in total. The van der Waals surface area contributed by atoms with Gasteiger partial charge in [0.05, 0.1) is 11.8 Å². The summed E-state index contributed by atoms with van der Waals surface area (Å²) >= 11 is 0. The Labute approximate surface area is 59.2 Å². The highest BCUT2D eigenvalue weighted by Gasteiger charge is 1.89. The Bertz CT molecular complexity index is 277. The highest BCUT2D eigenvalue weighted by molar-refractivity contribution is 5.47. The number of nitrogens with zero attached hydrogens (tertiary/aromatic N) is 3. The fourth-order valence-corrected chi connectivity index (χ4v) is 0.670. The molecular formula is C7H7N3. The van der Waals surface area contributed by atoms with Gasteiger partial charge < -0.3 is 0 Å². The summed E-state index contributed by atoms with van der Waals surface area (Å²) < 4.78 is 1.70. The van der Waals surface area contributed by atoms with Crippen molar-refractivity contribution in [3.05, 3.63) is 24.0 Å². The van der Waals surface area contributed by atoms with E-state index in [1.807, 2.05) is 19.2 Å². The Hall–Kier alpha value is -1.56. The lowest BCUT2D eigenvalue weighted by atomic mass is 10.4. The Balaban J connectivity index is 2.87. The minimum Gasteiger partial charge on any atom is -0.269 e. The maximum Gasteiger partial charge on any atom is 0.0912 e. The third kappa shape index (κ3) is 1.23. The van der Waals surface area contributed by atoms with E-state index >= 15 is 0 Å². The van der Waals surface area contributed by atoms with Crippen LogP contribution in [0.2, 0.25) is 0 Å². The maximum atomic E-state index is 8.19. The van der Waals surface area contributed by atoms with Gasteiger partial charge in [0, 0.05) is 19.3 Å². The fourth-order valence-electron chi connectivity index (χ4n) is 0.670. The van der Waals surface area contributed by atoms with Crippen molar-refractivity contribution in [2.24, 2.45) is 7.05 Å². The molecule has 0 aliphatic carbocycles. The maximum absolute atomic E-state index is 8.19. The van der Waals surface area contributed by atoms with E-state index in [1.54, 1.807) is 17.0 Å². The van der Waals surface area contributed by atoms with Gasteiger partial charge in [0.15, 0.2) is 0 Å². The molecule has 0 aliphatic heterocycles. The molecule has 0 unspecified atom stereocenters. The smallest absolute Gasteiger partial charge is 0.0912 e. The van der Waals surface area contributed by atoms with Crippen LogP contribution in [0.15, 0.2) is 18.3 Å². The van der Waals surface area contributed by atoms with Crippen LogP contribution in [-0.4, -0.2) is 9.78 Å². The third-order valence-electron chi connectivity index (χ3n) is 1.19. The van der Waals surface area contributed by atoms with Crippen molar-refractivity contribution in [1.29, 1.82) is 5.26 Å². The molecule has 0 atom stereocenters. The van der Waals surface area contributed by atoms with E-state index < -0.39 is 0 Å². The summed E-state index contributed by atoms with van der Waals surface area (Å²) in [7, 11) is 1.83. The van der Waals surface area contributed by atoms with Crippen LogP contribution in [-0.2, 0) is 7.05 Å². The topological polar surface area (TPSA) is 41.6 Å². The first kappa shape index (κ1) is 6.56. The third-order valence-corrected chi connectivity index (χ3v) is 1.19. The highest BCUT2D eigenvalue weighted by atomic mass is 15.2. The predicted octanol–water partition coefficient (Wildman–Crippen LogP) is 0.957. The summed E-state index contributed by atoms with van der Waals surface area (Å²) in [6.07, 6.45) is 4.83. The molecule has 0 spiro atoms. The molecule has 0 N–H and O–H groups in total. The van der Waals surface area contributed by atoms with E-state index in [9.17, 15) is 0 Å². The van der Waals surface area contributed by atoms with Gasteiger partial charge in [-0.15, -0.1) is 0 Å². The Kier molecular flexibility index (Phi) is 1.86. The van der Waals surface area contributed by atoms with E-state index in [4.69, 9.17) is 5.26 Å². The van der Waals surface area contributed by atoms with Gasteiger partial charge >= 0.3 is 0 Å². The van der Waals surface area contributed by atoms with E-state index in [-0.39, 0.29) is 0 Å². The minimum atomic E-state index is 0.932. The second-order valence-electron chi connectivity index (χ2n) is 1.84. The van der Waals surface area contributed by atoms with Crippen molar-refractivity contribution in [3.63, 3.8) is 0 Å². The van der Waals surface area contributed by atoms with Crippen LogP contribution in [0, 0.1) is 11.3 Å². The van der Waals surface area contributed by atoms with Crippen LogP contribution in [0.4, 0.5) is 0 Å². The predicted molar refractivity (Wildman–Crippen MR) is 37.9 cm³/mol. The molecule has 0 radical (unpaired) electrons. The van der Waals surface area contributed by atoms with Gasteiger partial charge in [-0.1, -0.05) is 0 Å². The van der Waals surface area contributed by atoms with Gasteiger partial charge in [-0.25, -0.2) is 0 Å². The zero-order chi connectivity index (χ0) is 7.40. The Morgan fingerprint density at radius 1 is 1.80 bits per heavy atom. The van der Waals surface area contributed by atoms with Crippen LogP contribution in [0.25, 0.3) is 6.08 Å². The lowest BCUT2D eigenvalue weighted by molar-refractivity contribution is 0.759. The lowest BCUT2D eigenvalue weighted by Gasteiger charge is -1.89. The molecule has 50 valence electrons. The quantitative estimate of drug-likeness (QED) is 0.535. The molecule has 0 saturated heterocycles. The molecule has 0 aliphatic rings. The van der Waals surface area contributed by atoms with Gasteiger partial charge in [-0.3, -0.25) is 4.68 Å². The van der Waals surface area contributed by atoms with Gasteiger partial charge in [-0.2, -0.15) is 10.4 Å². The van der Waals surface area contributed by atoms with Crippen LogP contribution in [0.1, 0.15) is 5.69 Å². The van der Waals surface area contributed by atoms with Gasteiger partial charge in [0.2, 0.25) is 0 Å². The lowest BCUT2D eigenvalue weighted by Crippen LogP contribution is -1.91. The summed E-state index contributed by atoms with van der Waals surface area (Å²) in [5, 5.41) is 12.1. The van der Waals surface area contributed by atoms with Crippen LogP contribution >= 0.6 is 0 Å². The number of rotatable bonds is 1. The summed E-state index contributed by atoms with van der Waals surface area (Å²) in [6.45, 7) is 0. The monoisotopic (exact) mass is 133 g/mol. The summed E-state index contributed by atoms with van der Waals surface area (Å²) in [5.41, 5.74) is 0.932. The normalized spacial score (nSPS) is 10.0. The molecule has 10 heavy (non-hydrogen) atoms. The molecule has 0 aromatic carbocycles. The van der Waals surface area contributed by atoms with Crippen molar-refractivity contribution >= 4 is 6.08 Å². The van der Waals surface area contributed by atoms with Crippen molar-refractivity contribution in [1.82, 2.24) is 9.78 Å². The standard InChI is InChI=1S/C7H7N3/c1-10-7(3-2-5-8)4-6-9-10/h2-4,6H,1H3. The fraction of sp³-hybridized carbons (Fsp3) is 0.143. The van der Waals surface area contributed by atoms with Crippen molar-refractivity contribution in [2.45, 2.75) is 0 Å². The molecule has 0 amide bonds. The average Bonchev–Trinajstić information content (AvgIpc) is 2.31. The second kappa shape index (κ2) is 2.83. The second-order valence-corrected chi connectivity index (χ2v) is 1.84. The molecule has 3 heteroatoms. The van der Waals surface area contributed by atoms with E-state index in [0.29, 0.717) is 0 Å². The number of allylic oxidation sites excluding steroid dienone is 1. The molecule has 1 heterocycles. The van der Waals surface area contributed by atoms with E-state index in [1.165, 1.54) is 6.08 Å². The largest absolute Gasteiger partial charge is 0.269 e. The molecule has 1 aromatic heterocycles. The van der Waals surface area contributed by atoms with Crippen LogP contribution < -0.4 is 0 Å². The van der Waals surface area contributed by atoms with Crippen molar-refractivity contribution in [3.8, 4) is 6.07 Å². The van der Waals surface area contributed by atoms with Gasteiger partial charge in [-0.05, 0) is 12.1 Å². The molecule has 0 saturated carbocycles. The number of nitriles is 1. The highest BCUT2D eigenvalue weighted by Crippen LogP contribution is 1.97. The number of hydrogen-bond acceptors (Lipinski definition) is 2. The molecule has 0 fully saturated rings. The average molecular weight is 133 g/mol. The summed E-state index contributed by atoms with van der Waals surface area (Å²) in [5.74, 6) is 0. The van der Waals surface area contributed by atoms with Crippen molar-refractivity contribution < 1.29 is 0 Å². The van der Waals surface area contributed by atoms with Gasteiger partial charge in [0.25, 0.3) is 0 Å². The van der Waals surface area contributed by atoms with Crippen molar-refractivity contribution in [2.75, 3.05) is 0 Å². The molecule has 1 rings (SSSR count). The van der Waals surface area contributed by atoms with Gasteiger partial charge in [0.1, 0.15) is 0 Å². The number of aryl methyl sites for hydroxylation is 1. The SMILES string of the molecule is Cn1nccc1C=CC#N. The number of hydrogen-bond donors (Lipinski definition) is 0. The Morgan fingerprint density at radius 2 is 2.60 bits per heavy atom. The minimum absolute atomic E-state index is 0.932. The zero-order valence-electron chi connectivity index (χ0n) is 5.65.